The van der Waals surface area contributed by atoms with Gasteiger partial charge in [-0.05, 0) is 51.3 Å². The smallest absolute Gasteiger partial charge is 0.138 e. The average Bonchev–Trinajstić information content (AvgIpc) is 2.43. The van der Waals surface area contributed by atoms with E-state index in [9.17, 15) is 5.26 Å². The van der Waals surface area contributed by atoms with Gasteiger partial charge in [0.05, 0.1) is 6.07 Å². The van der Waals surface area contributed by atoms with Crippen molar-refractivity contribution < 1.29 is 4.74 Å². The van der Waals surface area contributed by atoms with E-state index in [1.165, 1.54) is 18.4 Å². The van der Waals surface area contributed by atoms with E-state index in [0.29, 0.717) is 6.61 Å². The van der Waals surface area contributed by atoms with Crippen molar-refractivity contribution in [3.8, 4) is 11.8 Å². The lowest BCUT2D eigenvalue weighted by atomic mass is 10.1. The van der Waals surface area contributed by atoms with Crippen LogP contribution >= 0.6 is 0 Å². The molecule has 0 fully saturated rings. The van der Waals surface area contributed by atoms with Crippen LogP contribution < -0.4 is 10.1 Å². The molecule has 0 radical (unpaired) electrons. The zero-order valence-electron chi connectivity index (χ0n) is 13.1. The molecule has 3 nitrogen and oxygen atoms in total. The molecule has 0 bridgehead atoms. The van der Waals surface area contributed by atoms with E-state index in [0.717, 1.165) is 12.2 Å². The first-order chi connectivity index (χ1) is 9.49. The summed E-state index contributed by atoms with van der Waals surface area (Å²) in [4.78, 5) is 0. The lowest BCUT2D eigenvalue weighted by Crippen LogP contribution is -2.49. The molecular weight excluding hydrogens is 248 g/mol. The summed E-state index contributed by atoms with van der Waals surface area (Å²) in [6, 6.07) is 10.7. The van der Waals surface area contributed by atoms with Crippen molar-refractivity contribution in [2.24, 2.45) is 0 Å². The number of aryl methyl sites for hydroxylation is 1. The molecule has 1 N–H and O–H groups in total. The van der Waals surface area contributed by atoms with E-state index in [-0.39, 0.29) is 6.04 Å². The van der Waals surface area contributed by atoms with Gasteiger partial charge in [0.2, 0.25) is 0 Å². The predicted octanol–water partition coefficient (Wildman–Crippen LogP) is 3.69. The minimum absolute atomic E-state index is 0.250. The molecule has 0 amide bonds. The summed E-state index contributed by atoms with van der Waals surface area (Å²) in [5.74, 6) is 0.817. The molecule has 0 aromatic heterocycles. The van der Waals surface area contributed by atoms with Gasteiger partial charge in [0.15, 0.2) is 0 Å². The number of nitrogens with one attached hydrogen (secondary N) is 1. The Bertz CT molecular complexity index is 433. The molecule has 1 rings (SSSR count). The van der Waals surface area contributed by atoms with Crippen LogP contribution in [0, 0.1) is 11.3 Å². The standard InChI is InChI=1S/C17H26N2O/c1-5-6-7-15-8-10-16(11-9-15)20-13-17(4,12-18)19-14(2)3/h8-11,14,19H,5-7,13H2,1-4H3. The average molecular weight is 274 g/mol. The monoisotopic (exact) mass is 274 g/mol. The van der Waals surface area contributed by atoms with Gasteiger partial charge in [-0.2, -0.15) is 5.26 Å². The largest absolute Gasteiger partial charge is 0.491 e. The first-order valence-electron chi connectivity index (χ1n) is 7.40. The molecule has 0 saturated carbocycles. The van der Waals surface area contributed by atoms with Crippen LogP contribution in [-0.2, 0) is 6.42 Å². The first kappa shape index (κ1) is 16.5. The van der Waals surface area contributed by atoms with Crippen molar-refractivity contribution in [3.05, 3.63) is 29.8 Å². The molecule has 0 aliphatic rings. The Kier molecular flexibility index (Phi) is 6.54. The van der Waals surface area contributed by atoms with Gasteiger partial charge < -0.3 is 4.74 Å². The molecule has 3 heteroatoms. The third kappa shape index (κ3) is 5.63. The predicted molar refractivity (Wildman–Crippen MR) is 82.8 cm³/mol. The summed E-state index contributed by atoms with van der Waals surface area (Å²) in [7, 11) is 0. The number of benzene rings is 1. The molecule has 0 saturated heterocycles. The molecule has 0 heterocycles. The number of nitrogens with zero attached hydrogens (tertiary/aromatic N) is 1. The molecule has 0 aliphatic heterocycles. The maximum Gasteiger partial charge on any atom is 0.138 e. The maximum atomic E-state index is 9.26. The van der Waals surface area contributed by atoms with Gasteiger partial charge in [-0.25, -0.2) is 0 Å². The number of ether oxygens (including phenoxy) is 1. The summed E-state index contributed by atoms with van der Waals surface area (Å²) in [5, 5.41) is 12.5. The molecule has 1 aromatic carbocycles. The van der Waals surface area contributed by atoms with Crippen LogP contribution in [0.25, 0.3) is 0 Å². The molecule has 1 unspecified atom stereocenters. The fraction of sp³-hybridized carbons (Fsp3) is 0.588. The zero-order valence-corrected chi connectivity index (χ0v) is 13.1. The van der Waals surface area contributed by atoms with Crippen LogP contribution in [0.15, 0.2) is 24.3 Å². The second-order valence-corrected chi connectivity index (χ2v) is 5.78. The summed E-state index contributed by atoms with van der Waals surface area (Å²) in [5.41, 5.74) is 0.678. The van der Waals surface area contributed by atoms with E-state index in [4.69, 9.17) is 4.74 Å². The van der Waals surface area contributed by atoms with Crippen LogP contribution in [0.3, 0.4) is 0 Å². The van der Waals surface area contributed by atoms with Gasteiger partial charge in [0, 0.05) is 6.04 Å². The highest BCUT2D eigenvalue weighted by Crippen LogP contribution is 2.16. The van der Waals surface area contributed by atoms with Crippen molar-refractivity contribution in [2.45, 2.75) is 58.5 Å². The quantitative estimate of drug-likeness (QED) is 0.786. The van der Waals surface area contributed by atoms with Crippen LogP contribution in [0.4, 0.5) is 0 Å². The Morgan fingerprint density at radius 1 is 1.30 bits per heavy atom. The minimum Gasteiger partial charge on any atom is -0.491 e. The van der Waals surface area contributed by atoms with E-state index in [2.05, 4.69) is 30.4 Å². The second kappa shape index (κ2) is 7.91. The third-order valence-electron chi connectivity index (χ3n) is 3.12. The van der Waals surface area contributed by atoms with Crippen molar-refractivity contribution >= 4 is 0 Å². The van der Waals surface area contributed by atoms with Gasteiger partial charge >= 0.3 is 0 Å². The third-order valence-corrected chi connectivity index (χ3v) is 3.12. The summed E-state index contributed by atoms with van der Waals surface area (Å²) < 4.78 is 5.74. The topological polar surface area (TPSA) is 45.0 Å². The normalized spacial score (nSPS) is 13.8. The van der Waals surface area contributed by atoms with Gasteiger partial charge in [-0.1, -0.05) is 25.5 Å². The highest BCUT2D eigenvalue weighted by Gasteiger charge is 2.25. The summed E-state index contributed by atoms with van der Waals surface area (Å²) in [6.07, 6.45) is 3.53. The number of nitriles is 1. The second-order valence-electron chi connectivity index (χ2n) is 5.78. The zero-order chi connectivity index (χ0) is 15.0. The van der Waals surface area contributed by atoms with E-state index < -0.39 is 5.54 Å². The van der Waals surface area contributed by atoms with E-state index in [1.807, 2.05) is 32.9 Å². The number of rotatable bonds is 8. The van der Waals surface area contributed by atoms with E-state index in [1.54, 1.807) is 0 Å². The number of hydrogen-bond donors (Lipinski definition) is 1. The maximum absolute atomic E-state index is 9.26. The number of unbranched alkanes of at least 4 members (excludes halogenated alkanes) is 1. The Morgan fingerprint density at radius 3 is 2.45 bits per heavy atom. The molecular formula is C17H26N2O. The van der Waals surface area contributed by atoms with Gasteiger partial charge in [0.1, 0.15) is 17.9 Å². The van der Waals surface area contributed by atoms with Crippen LogP contribution in [0.1, 0.15) is 46.1 Å². The highest BCUT2D eigenvalue weighted by molar-refractivity contribution is 5.27. The minimum atomic E-state index is -0.658. The fourth-order valence-electron chi connectivity index (χ4n) is 2.10. The van der Waals surface area contributed by atoms with Crippen LogP contribution in [-0.4, -0.2) is 18.2 Å². The fourth-order valence-corrected chi connectivity index (χ4v) is 2.10. The van der Waals surface area contributed by atoms with Crippen molar-refractivity contribution in [2.75, 3.05) is 6.61 Å². The molecule has 0 aliphatic carbocycles. The van der Waals surface area contributed by atoms with E-state index >= 15 is 0 Å². The van der Waals surface area contributed by atoms with Crippen molar-refractivity contribution in [1.29, 1.82) is 5.26 Å². The molecule has 1 aromatic rings. The Morgan fingerprint density at radius 2 is 1.95 bits per heavy atom. The Labute approximate surface area is 123 Å². The van der Waals surface area contributed by atoms with Crippen molar-refractivity contribution in [3.63, 3.8) is 0 Å². The first-order valence-corrected chi connectivity index (χ1v) is 7.40. The molecule has 110 valence electrons. The van der Waals surface area contributed by atoms with Gasteiger partial charge in [-0.15, -0.1) is 0 Å². The lowest BCUT2D eigenvalue weighted by molar-refractivity contribution is 0.225. The molecule has 1 atom stereocenters. The number of hydrogen-bond acceptors (Lipinski definition) is 3. The lowest BCUT2D eigenvalue weighted by Gasteiger charge is -2.25. The van der Waals surface area contributed by atoms with Crippen LogP contribution in [0.2, 0.25) is 0 Å². The highest BCUT2D eigenvalue weighted by atomic mass is 16.5. The Balaban J connectivity index is 2.54. The summed E-state index contributed by atoms with van der Waals surface area (Å²) in [6.45, 7) is 8.46. The molecule has 0 spiro atoms. The SMILES string of the molecule is CCCCc1ccc(OCC(C)(C#N)NC(C)C)cc1. The van der Waals surface area contributed by atoms with Gasteiger partial charge in [-0.3, -0.25) is 5.32 Å². The Hall–Kier alpha value is -1.53. The molecule has 20 heavy (non-hydrogen) atoms. The van der Waals surface area contributed by atoms with Crippen LogP contribution in [0.5, 0.6) is 5.75 Å². The summed E-state index contributed by atoms with van der Waals surface area (Å²) >= 11 is 0. The van der Waals surface area contributed by atoms with Crippen molar-refractivity contribution in [1.82, 2.24) is 5.32 Å². The van der Waals surface area contributed by atoms with Gasteiger partial charge in [0.25, 0.3) is 0 Å².